The number of halogens is 3. The molecule has 3 aromatic rings. The highest BCUT2D eigenvalue weighted by Gasteiger charge is 2.32. The standard InChI is InChI=1S/C25H24ClF2N3O4S/c1-17(25(33)29-2)30(15-18-8-6-7-11-22(18)27)24(32)16-31(19-12-13-23(28)21(26)14-19)36(34,35)20-9-4-3-5-10-20/h3-14,17H,15-16H2,1-2H3,(H,29,33)/t17-/m1/s1. The maximum absolute atomic E-state index is 14.4. The van der Waals surface area contributed by atoms with Crippen LogP contribution >= 0.6 is 11.6 Å². The highest BCUT2D eigenvalue weighted by Crippen LogP contribution is 2.28. The summed E-state index contributed by atoms with van der Waals surface area (Å²) in [6.45, 7) is 0.404. The van der Waals surface area contributed by atoms with E-state index in [9.17, 15) is 26.8 Å². The summed E-state index contributed by atoms with van der Waals surface area (Å²) in [5, 5.41) is 2.10. The fraction of sp³-hybridized carbons (Fsp3) is 0.200. The molecule has 0 saturated carbocycles. The summed E-state index contributed by atoms with van der Waals surface area (Å²) in [4.78, 5) is 26.9. The van der Waals surface area contributed by atoms with Gasteiger partial charge < -0.3 is 10.2 Å². The maximum atomic E-state index is 14.4. The molecular formula is C25H24ClF2N3O4S. The van der Waals surface area contributed by atoms with Crippen molar-refractivity contribution in [2.45, 2.75) is 24.4 Å². The van der Waals surface area contributed by atoms with Crippen LogP contribution < -0.4 is 9.62 Å². The smallest absolute Gasteiger partial charge is 0.264 e. The number of hydrogen-bond acceptors (Lipinski definition) is 4. The number of benzene rings is 3. The van der Waals surface area contributed by atoms with E-state index >= 15 is 0 Å². The molecule has 0 heterocycles. The number of carbonyl (C=O) groups excluding carboxylic acids is 2. The van der Waals surface area contributed by atoms with E-state index in [-0.39, 0.29) is 27.7 Å². The second-order valence-electron chi connectivity index (χ2n) is 7.83. The first-order chi connectivity index (χ1) is 17.1. The van der Waals surface area contributed by atoms with Gasteiger partial charge >= 0.3 is 0 Å². The second-order valence-corrected chi connectivity index (χ2v) is 10.1. The van der Waals surface area contributed by atoms with Crippen LogP contribution in [0.3, 0.4) is 0 Å². The third-order valence-electron chi connectivity index (χ3n) is 5.51. The van der Waals surface area contributed by atoms with Gasteiger partial charge in [0.1, 0.15) is 24.2 Å². The van der Waals surface area contributed by atoms with Crippen molar-refractivity contribution in [3.63, 3.8) is 0 Å². The van der Waals surface area contributed by atoms with Gasteiger partial charge in [-0.15, -0.1) is 0 Å². The van der Waals surface area contributed by atoms with E-state index in [1.807, 2.05) is 0 Å². The second kappa shape index (κ2) is 11.5. The average molecular weight is 536 g/mol. The summed E-state index contributed by atoms with van der Waals surface area (Å²) < 4.78 is 56.1. The van der Waals surface area contributed by atoms with Crippen molar-refractivity contribution in [3.05, 3.63) is 95.0 Å². The molecule has 0 unspecified atom stereocenters. The average Bonchev–Trinajstić information content (AvgIpc) is 2.87. The monoisotopic (exact) mass is 535 g/mol. The number of nitrogens with zero attached hydrogens (tertiary/aromatic N) is 2. The summed E-state index contributed by atoms with van der Waals surface area (Å²) in [6.07, 6.45) is 0. The number of likely N-dealkylation sites (N-methyl/N-ethyl adjacent to an activating group) is 1. The SMILES string of the molecule is CNC(=O)[C@@H](C)N(Cc1ccccc1F)C(=O)CN(c1ccc(F)c(Cl)c1)S(=O)(=O)c1ccccc1. The third-order valence-corrected chi connectivity index (χ3v) is 7.59. The maximum Gasteiger partial charge on any atom is 0.264 e. The summed E-state index contributed by atoms with van der Waals surface area (Å²) >= 11 is 5.90. The lowest BCUT2D eigenvalue weighted by atomic mass is 10.1. The van der Waals surface area contributed by atoms with Gasteiger partial charge in [0.25, 0.3) is 10.0 Å². The van der Waals surface area contributed by atoms with Crippen molar-refractivity contribution >= 4 is 39.1 Å². The molecule has 3 rings (SSSR count). The van der Waals surface area contributed by atoms with Gasteiger partial charge in [-0.3, -0.25) is 13.9 Å². The molecule has 1 atom stereocenters. The number of nitrogens with one attached hydrogen (secondary N) is 1. The quantitative estimate of drug-likeness (QED) is 0.449. The highest BCUT2D eigenvalue weighted by molar-refractivity contribution is 7.92. The normalized spacial score (nSPS) is 12.0. The lowest BCUT2D eigenvalue weighted by molar-refractivity contribution is -0.139. The number of rotatable bonds is 9. The third kappa shape index (κ3) is 6.00. The Bertz CT molecular complexity index is 1360. The zero-order valence-electron chi connectivity index (χ0n) is 19.5. The lowest BCUT2D eigenvalue weighted by Crippen LogP contribution is -2.50. The molecular weight excluding hydrogens is 512 g/mol. The van der Waals surface area contributed by atoms with E-state index in [2.05, 4.69) is 5.32 Å². The van der Waals surface area contributed by atoms with Gasteiger partial charge in [0.2, 0.25) is 11.8 Å². The molecule has 1 N–H and O–H groups in total. The number of carbonyl (C=O) groups is 2. The molecule has 190 valence electrons. The van der Waals surface area contributed by atoms with Gasteiger partial charge in [-0.1, -0.05) is 48.0 Å². The molecule has 0 aromatic heterocycles. The number of amides is 2. The van der Waals surface area contributed by atoms with E-state index in [4.69, 9.17) is 11.6 Å². The van der Waals surface area contributed by atoms with Crippen LogP contribution in [0.15, 0.2) is 77.7 Å². The van der Waals surface area contributed by atoms with Gasteiger partial charge in [-0.25, -0.2) is 17.2 Å². The van der Waals surface area contributed by atoms with Crippen LogP contribution in [-0.2, 0) is 26.2 Å². The van der Waals surface area contributed by atoms with Gasteiger partial charge in [-0.2, -0.15) is 0 Å². The Morgan fingerprint density at radius 2 is 1.61 bits per heavy atom. The zero-order valence-corrected chi connectivity index (χ0v) is 21.1. The molecule has 3 aromatic carbocycles. The summed E-state index contributed by atoms with van der Waals surface area (Å²) in [7, 11) is -2.93. The first-order valence-corrected chi connectivity index (χ1v) is 12.7. The van der Waals surface area contributed by atoms with E-state index in [0.29, 0.717) is 0 Å². The summed E-state index contributed by atoms with van der Waals surface area (Å²) in [6, 6.07) is 15.3. The Labute approximate surface area is 213 Å². The predicted molar refractivity (Wildman–Crippen MR) is 133 cm³/mol. The van der Waals surface area contributed by atoms with Crippen LogP contribution in [0.1, 0.15) is 12.5 Å². The molecule has 0 radical (unpaired) electrons. The number of sulfonamides is 1. The Balaban J connectivity index is 2.06. The van der Waals surface area contributed by atoms with E-state index < -0.39 is 46.1 Å². The molecule has 0 fully saturated rings. The summed E-state index contributed by atoms with van der Waals surface area (Å²) in [5.74, 6) is -2.66. The molecule has 36 heavy (non-hydrogen) atoms. The Morgan fingerprint density at radius 1 is 0.972 bits per heavy atom. The first-order valence-electron chi connectivity index (χ1n) is 10.8. The van der Waals surface area contributed by atoms with Gasteiger partial charge in [-0.05, 0) is 43.3 Å². The van der Waals surface area contributed by atoms with Crippen LogP contribution in [-0.4, -0.2) is 44.8 Å². The van der Waals surface area contributed by atoms with Crippen LogP contribution in [0.2, 0.25) is 5.02 Å². The molecule has 0 aliphatic carbocycles. The van der Waals surface area contributed by atoms with Crippen molar-refractivity contribution in [3.8, 4) is 0 Å². The molecule has 7 nitrogen and oxygen atoms in total. The number of hydrogen-bond donors (Lipinski definition) is 1. The minimum atomic E-state index is -4.31. The summed E-state index contributed by atoms with van der Waals surface area (Å²) in [5.41, 5.74) is 0.0842. The van der Waals surface area contributed by atoms with E-state index in [1.54, 1.807) is 12.1 Å². The topological polar surface area (TPSA) is 86.8 Å². The van der Waals surface area contributed by atoms with Crippen LogP contribution in [0.4, 0.5) is 14.5 Å². The predicted octanol–water partition coefficient (Wildman–Crippen LogP) is 3.98. The fourth-order valence-corrected chi connectivity index (χ4v) is 5.09. The Hall–Kier alpha value is -3.50. The number of anilines is 1. The van der Waals surface area contributed by atoms with Crippen LogP contribution in [0, 0.1) is 11.6 Å². The van der Waals surface area contributed by atoms with Gasteiger partial charge in [0, 0.05) is 19.2 Å². The molecule has 0 aliphatic heterocycles. The van der Waals surface area contributed by atoms with Gasteiger partial charge in [0.05, 0.1) is 15.6 Å². The highest BCUT2D eigenvalue weighted by atomic mass is 35.5. The lowest BCUT2D eigenvalue weighted by Gasteiger charge is -2.31. The van der Waals surface area contributed by atoms with Crippen molar-refractivity contribution in [2.75, 3.05) is 17.9 Å². The Kier molecular flexibility index (Phi) is 8.65. The van der Waals surface area contributed by atoms with E-state index in [0.717, 1.165) is 21.3 Å². The minimum Gasteiger partial charge on any atom is -0.357 e. The molecule has 11 heteroatoms. The van der Waals surface area contributed by atoms with Crippen molar-refractivity contribution in [1.82, 2.24) is 10.2 Å². The van der Waals surface area contributed by atoms with Gasteiger partial charge in [0.15, 0.2) is 0 Å². The largest absolute Gasteiger partial charge is 0.357 e. The zero-order chi connectivity index (χ0) is 26.5. The molecule has 2 amide bonds. The van der Waals surface area contributed by atoms with Crippen molar-refractivity contribution in [1.29, 1.82) is 0 Å². The first kappa shape index (κ1) is 27.1. The molecule has 0 saturated heterocycles. The fourth-order valence-electron chi connectivity index (χ4n) is 3.49. The van der Waals surface area contributed by atoms with Crippen molar-refractivity contribution in [2.24, 2.45) is 0 Å². The molecule has 0 spiro atoms. The van der Waals surface area contributed by atoms with E-state index in [1.165, 1.54) is 62.5 Å². The van der Waals surface area contributed by atoms with Crippen LogP contribution in [0.25, 0.3) is 0 Å². The Morgan fingerprint density at radius 3 is 2.22 bits per heavy atom. The van der Waals surface area contributed by atoms with Crippen LogP contribution in [0.5, 0.6) is 0 Å². The minimum absolute atomic E-state index is 0.0583. The molecule has 0 bridgehead atoms. The molecule has 0 aliphatic rings. The van der Waals surface area contributed by atoms with Crippen molar-refractivity contribution < 1.29 is 26.8 Å².